The first-order chi connectivity index (χ1) is 16.1. The van der Waals surface area contributed by atoms with Crippen LogP contribution in [0.3, 0.4) is 0 Å². The molecule has 164 valence electrons. The number of rotatable bonds is 6. The predicted octanol–water partition coefficient (Wildman–Crippen LogP) is 4.67. The van der Waals surface area contributed by atoms with Crippen LogP contribution in [0.4, 0.5) is 5.69 Å². The van der Waals surface area contributed by atoms with Gasteiger partial charge in [0.25, 0.3) is 0 Å². The van der Waals surface area contributed by atoms with Crippen LogP contribution in [0.5, 0.6) is 5.75 Å². The number of benzene rings is 3. The van der Waals surface area contributed by atoms with E-state index in [0.29, 0.717) is 39.9 Å². The lowest BCUT2D eigenvalue weighted by Gasteiger charge is -2.10. The fourth-order valence-electron chi connectivity index (χ4n) is 3.12. The van der Waals surface area contributed by atoms with Gasteiger partial charge in [0, 0.05) is 17.2 Å². The highest BCUT2D eigenvalue weighted by molar-refractivity contribution is 5.89. The number of hydrogen-bond donors (Lipinski definition) is 1. The maximum absolute atomic E-state index is 11.8. The van der Waals surface area contributed by atoms with Gasteiger partial charge in [-0.3, -0.25) is 0 Å². The second-order valence-electron chi connectivity index (χ2n) is 6.91. The van der Waals surface area contributed by atoms with Gasteiger partial charge in [0.15, 0.2) is 23.9 Å². The van der Waals surface area contributed by atoms with Gasteiger partial charge < -0.3 is 14.6 Å². The molecule has 0 fully saturated rings. The minimum atomic E-state index is -0.427. The summed E-state index contributed by atoms with van der Waals surface area (Å²) in [6, 6.07) is 21.2. The fourth-order valence-corrected chi connectivity index (χ4v) is 3.12. The van der Waals surface area contributed by atoms with E-state index < -0.39 is 5.97 Å². The van der Waals surface area contributed by atoms with E-state index in [1.165, 1.54) is 26.7 Å². The van der Waals surface area contributed by atoms with Gasteiger partial charge in [-0.15, -0.1) is 0 Å². The zero-order valence-electron chi connectivity index (χ0n) is 18.0. The van der Waals surface area contributed by atoms with Crippen LogP contribution in [0.1, 0.15) is 10.4 Å². The molecular formula is C25H20N4O4. The van der Waals surface area contributed by atoms with Crippen LogP contribution < -0.4 is 0 Å². The third-order valence-electron chi connectivity index (χ3n) is 4.76. The van der Waals surface area contributed by atoms with Gasteiger partial charge in [0.1, 0.15) is 5.75 Å². The van der Waals surface area contributed by atoms with E-state index in [4.69, 9.17) is 9.47 Å². The molecule has 0 saturated heterocycles. The Morgan fingerprint density at radius 1 is 0.848 bits per heavy atom. The standard InChI is InChI=1S/C25H20N4O4/c1-32-15-26-19-12-13-20(21(30)14-19)24-28-22(16-6-4-3-5-7-16)27-23(29-24)17-8-10-18(11-9-17)25(31)33-2/h3-15,30H,1-2H3/b26-15-. The minimum Gasteiger partial charge on any atom is -0.507 e. The summed E-state index contributed by atoms with van der Waals surface area (Å²) < 4.78 is 9.58. The maximum atomic E-state index is 11.8. The van der Waals surface area contributed by atoms with Crippen molar-refractivity contribution in [2.45, 2.75) is 0 Å². The quantitative estimate of drug-likeness (QED) is 0.264. The number of carbonyl (C=O) groups excluding carboxylic acids is 1. The molecule has 0 aliphatic rings. The number of methoxy groups -OCH3 is 2. The molecule has 1 N–H and O–H groups in total. The molecule has 0 atom stereocenters. The number of nitrogens with zero attached hydrogens (tertiary/aromatic N) is 4. The number of ether oxygens (including phenoxy) is 2. The lowest BCUT2D eigenvalue weighted by Crippen LogP contribution is -2.02. The number of carbonyl (C=O) groups is 1. The number of aliphatic imine (C=N–C) groups is 1. The third-order valence-corrected chi connectivity index (χ3v) is 4.76. The second kappa shape index (κ2) is 9.69. The first-order valence-corrected chi connectivity index (χ1v) is 9.98. The highest BCUT2D eigenvalue weighted by atomic mass is 16.5. The molecule has 1 aromatic heterocycles. The first-order valence-electron chi connectivity index (χ1n) is 9.98. The molecule has 0 unspecified atom stereocenters. The van der Waals surface area contributed by atoms with Crippen LogP contribution in [-0.4, -0.2) is 46.6 Å². The summed E-state index contributed by atoms with van der Waals surface area (Å²) in [4.78, 5) is 29.6. The summed E-state index contributed by atoms with van der Waals surface area (Å²) in [5.41, 5.74) is 2.86. The van der Waals surface area contributed by atoms with Crippen LogP contribution in [-0.2, 0) is 9.47 Å². The van der Waals surface area contributed by atoms with Crippen molar-refractivity contribution in [1.82, 2.24) is 15.0 Å². The van der Waals surface area contributed by atoms with Crippen molar-refractivity contribution in [3.8, 4) is 39.9 Å². The molecule has 8 heteroatoms. The fraction of sp³-hybridized carbons (Fsp3) is 0.0800. The zero-order chi connectivity index (χ0) is 23.2. The Hall–Kier alpha value is -4.59. The van der Waals surface area contributed by atoms with Crippen LogP contribution in [0.15, 0.2) is 77.8 Å². The number of hydrogen-bond acceptors (Lipinski definition) is 8. The van der Waals surface area contributed by atoms with Gasteiger partial charge in [-0.1, -0.05) is 42.5 Å². The Balaban J connectivity index is 1.83. The van der Waals surface area contributed by atoms with Crippen molar-refractivity contribution < 1.29 is 19.4 Å². The Labute approximate surface area is 190 Å². The van der Waals surface area contributed by atoms with E-state index in [1.54, 1.807) is 36.4 Å². The highest BCUT2D eigenvalue weighted by Gasteiger charge is 2.15. The van der Waals surface area contributed by atoms with Gasteiger partial charge >= 0.3 is 5.97 Å². The summed E-state index contributed by atoms with van der Waals surface area (Å²) in [6.07, 6.45) is 1.28. The molecule has 0 aliphatic heterocycles. The van der Waals surface area contributed by atoms with Crippen LogP contribution >= 0.6 is 0 Å². The summed E-state index contributed by atoms with van der Waals surface area (Å²) in [7, 11) is 2.83. The monoisotopic (exact) mass is 440 g/mol. The Bertz CT molecular complexity index is 1310. The predicted molar refractivity (Wildman–Crippen MR) is 124 cm³/mol. The molecule has 0 amide bonds. The number of esters is 1. The SMILES string of the molecule is CO/C=N\c1ccc(-c2nc(-c3ccccc3)nc(-c3ccc(C(=O)OC)cc3)n2)c(O)c1. The smallest absolute Gasteiger partial charge is 0.337 e. The molecule has 4 aromatic rings. The molecule has 0 aliphatic carbocycles. The number of aromatic hydroxyl groups is 1. The van der Waals surface area contributed by atoms with Crippen molar-refractivity contribution in [3.63, 3.8) is 0 Å². The van der Waals surface area contributed by atoms with Crippen molar-refractivity contribution in [1.29, 1.82) is 0 Å². The average molecular weight is 440 g/mol. The number of aromatic nitrogens is 3. The van der Waals surface area contributed by atoms with Crippen molar-refractivity contribution in [3.05, 3.63) is 78.4 Å². The molecular weight excluding hydrogens is 420 g/mol. The molecule has 0 saturated carbocycles. The molecule has 8 nitrogen and oxygen atoms in total. The normalized spacial score (nSPS) is 10.8. The van der Waals surface area contributed by atoms with Gasteiger partial charge in [0.2, 0.25) is 0 Å². The average Bonchev–Trinajstić information content (AvgIpc) is 2.87. The van der Waals surface area contributed by atoms with Crippen LogP contribution in [0, 0.1) is 0 Å². The highest BCUT2D eigenvalue weighted by Crippen LogP contribution is 2.32. The molecule has 1 heterocycles. The van der Waals surface area contributed by atoms with Crippen molar-refractivity contribution in [2.24, 2.45) is 4.99 Å². The van der Waals surface area contributed by atoms with E-state index in [9.17, 15) is 9.90 Å². The Morgan fingerprint density at radius 3 is 2.09 bits per heavy atom. The van der Waals surface area contributed by atoms with Crippen molar-refractivity contribution in [2.75, 3.05) is 14.2 Å². The van der Waals surface area contributed by atoms with E-state index >= 15 is 0 Å². The molecule has 0 radical (unpaired) electrons. The van der Waals surface area contributed by atoms with Gasteiger partial charge in [-0.25, -0.2) is 24.7 Å². The van der Waals surface area contributed by atoms with Crippen LogP contribution in [0.25, 0.3) is 34.2 Å². The van der Waals surface area contributed by atoms with E-state index in [-0.39, 0.29) is 5.75 Å². The van der Waals surface area contributed by atoms with E-state index in [1.807, 2.05) is 30.3 Å². The Kier molecular flexibility index (Phi) is 6.36. The topological polar surface area (TPSA) is 107 Å². The summed E-state index contributed by atoms with van der Waals surface area (Å²) in [6.45, 7) is 0. The van der Waals surface area contributed by atoms with Crippen LogP contribution in [0.2, 0.25) is 0 Å². The lowest BCUT2D eigenvalue weighted by atomic mass is 10.1. The number of phenols is 1. The summed E-state index contributed by atoms with van der Waals surface area (Å²) in [5.74, 6) is 0.697. The minimum absolute atomic E-state index is 0.0297. The Morgan fingerprint density at radius 2 is 1.48 bits per heavy atom. The summed E-state index contributed by atoms with van der Waals surface area (Å²) >= 11 is 0. The zero-order valence-corrected chi connectivity index (χ0v) is 18.0. The third kappa shape index (κ3) is 4.85. The molecule has 0 bridgehead atoms. The first kappa shape index (κ1) is 21.6. The van der Waals surface area contributed by atoms with Gasteiger partial charge in [-0.2, -0.15) is 0 Å². The van der Waals surface area contributed by atoms with E-state index in [0.717, 1.165) is 5.56 Å². The van der Waals surface area contributed by atoms with E-state index in [2.05, 4.69) is 19.9 Å². The molecule has 0 spiro atoms. The maximum Gasteiger partial charge on any atom is 0.337 e. The number of phenolic OH excluding ortho intramolecular Hbond substituents is 1. The second-order valence-corrected chi connectivity index (χ2v) is 6.91. The molecule has 33 heavy (non-hydrogen) atoms. The largest absolute Gasteiger partial charge is 0.507 e. The van der Waals surface area contributed by atoms with Gasteiger partial charge in [0.05, 0.1) is 31.0 Å². The van der Waals surface area contributed by atoms with Gasteiger partial charge in [-0.05, 0) is 24.3 Å². The molecule has 3 aromatic carbocycles. The summed E-state index contributed by atoms with van der Waals surface area (Å²) in [5, 5.41) is 10.6. The lowest BCUT2D eigenvalue weighted by molar-refractivity contribution is 0.0600. The van der Waals surface area contributed by atoms with Crippen molar-refractivity contribution >= 4 is 18.1 Å². The molecule has 4 rings (SSSR count).